The Morgan fingerprint density at radius 3 is 2.60 bits per heavy atom. The van der Waals surface area contributed by atoms with Crippen molar-refractivity contribution < 1.29 is 14.6 Å². The highest BCUT2D eigenvalue weighted by Gasteiger charge is 2.35. The molecular formula is C19H21ClN2O3. The number of pyridine rings is 1. The second kappa shape index (κ2) is 6.48. The van der Waals surface area contributed by atoms with Crippen LogP contribution in [0.3, 0.4) is 0 Å². The molecule has 0 saturated carbocycles. The van der Waals surface area contributed by atoms with Crippen LogP contribution in [0.5, 0.6) is 11.5 Å². The first kappa shape index (κ1) is 16.6. The summed E-state index contributed by atoms with van der Waals surface area (Å²) >= 11 is 6.37. The third-order valence-corrected chi connectivity index (χ3v) is 5.36. The smallest absolute Gasteiger partial charge is 0.231 e. The number of aliphatic hydroxyl groups is 1. The number of hydrogen-bond acceptors (Lipinski definition) is 5. The molecular weight excluding hydrogens is 340 g/mol. The second-order valence-electron chi connectivity index (χ2n) is 6.83. The van der Waals surface area contributed by atoms with Crippen LogP contribution in [0.2, 0.25) is 5.02 Å². The first-order valence-corrected chi connectivity index (χ1v) is 8.87. The van der Waals surface area contributed by atoms with E-state index in [9.17, 15) is 5.11 Å². The van der Waals surface area contributed by atoms with E-state index in [2.05, 4.69) is 9.88 Å². The second-order valence-corrected chi connectivity index (χ2v) is 7.23. The zero-order chi connectivity index (χ0) is 17.4. The number of aryl methyl sites for hydroxylation is 1. The van der Waals surface area contributed by atoms with Gasteiger partial charge in [0.2, 0.25) is 6.79 Å². The van der Waals surface area contributed by atoms with Gasteiger partial charge in [-0.15, -0.1) is 0 Å². The number of halogens is 1. The Morgan fingerprint density at radius 2 is 1.92 bits per heavy atom. The van der Waals surface area contributed by atoms with Crippen LogP contribution < -0.4 is 9.47 Å². The van der Waals surface area contributed by atoms with E-state index < -0.39 is 5.60 Å². The molecule has 4 rings (SSSR count). The number of aromatic nitrogens is 1. The molecule has 2 aromatic rings. The summed E-state index contributed by atoms with van der Waals surface area (Å²) in [5, 5.41) is 11.6. The summed E-state index contributed by atoms with van der Waals surface area (Å²) in [6.45, 7) is 4.55. The van der Waals surface area contributed by atoms with E-state index in [-0.39, 0.29) is 6.79 Å². The topological polar surface area (TPSA) is 54.8 Å². The number of nitrogens with zero attached hydrogens (tertiary/aromatic N) is 2. The van der Waals surface area contributed by atoms with Crippen molar-refractivity contribution in [2.24, 2.45) is 0 Å². The fourth-order valence-electron chi connectivity index (χ4n) is 3.40. The highest BCUT2D eigenvalue weighted by Crippen LogP contribution is 2.38. The number of benzene rings is 1. The maximum Gasteiger partial charge on any atom is 0.231 e. The molecule has 0 amide bonds. The largest absolute Gasteiger partial charge is 0.454 e. The summed E-state index contributed by atoms with van der Waals surface area (Å²) in [7, 11) is 0. The monoisotopic (exact) mass is 360 g/mol. The van der Waals surface area contributed by atoms with Gasteiger partial charge >= 0.3 is 0 Å². The van der Waals surface area contributed by atoms with Crippen LogP contribution in [0.25, 0.3) is 0 Å². The Kier molecular flexibility index (Phi) is 4.31. The van der Waals surface area contributed by atoms with Gasteiger partial charge in [0.05, 0.1) is 5.69 Å². The number of rotatable bonds is 3. The molecule has 0 bridgehead atoms. The molecule has 1 N–H and O–H groups in total. The van der Waals surface area contributed by atoms with Crippen molar-refractivity contribution in [3.63, 3.8) is 0 Å². The summed E-state index contributed by atoms with van der Waals surface area (Å²) in [5.41, 5.74) is 2.04. The maximum absolute atomic E-state index is 10.9. The lowest BCUT2D eigenvalue weighted by Gasteiger charge is -2.38. The fraction of sp³-hybridized carbons (Fsp3) is 0.421. The van der Waals surface area contributed by atoms with E-state index in [1.54, 1.807) is 0 Å². The quantitative estimate of drug-likeness (QED) is 0.910. The summed E-state index contributed by atoms with van der Waals surface area (Å²) in [6, 6.07) is 7.70. The van der Waals surface area contributed by atoms with Crippen LogP contribution in [0.4, 0.5) is 0 Å². The van der Waals surface area contributed by atoms with Crippen LogP contribution in [0.15, 0.2) is 30.5 Å². The standard InChI is InChI=1S/C19H21ClN2O3/c1-13-2-3-18(21-10-13)19(23)4-6-22(7-5-19)11-14-8-16-17(9-15(14)20)25-12-24-16/h2-3,8-10,23H,4-7,11-12H2,1H3. The molecule has 1 aromatic carbocycles. The van der Waals surface area contributed by atoms with Crippen molar-refractivity contribution in [3.8, 4) is 11.5 Å². The minimum absolute atomic E-state index is 0.245. The maximum atomic E-state index is 10.9. The Labute approximate surface area is 152 Å². The molecule has 0 unspecified atom stereocenters. The van der Waals surface area contributed by atoms with Gasteiger partial charge in [0.1, 0.15) is 5.60 Å². The summed E-state index contributed by atoms with van der Waals surface area (Å²) in [5.74, 6) is 1.45. The first-order chi connectivity index (χ1) is 12.0. The third kappa shape index (κ3) is 3.32. The number of likely N-dealkylation sites (tertiary alicyclic amines) is 1. The van der Waals surface area contributed by atoms with Crippen molar-refractivity contribution in [3.05, 3.63) is 52.3 Å². The molecule has 0 spiro atoms. The molecule has 3 heterocycles. The Bertz CT molecular complexity index is 771. The van der Waals surface area contributed by atoms with Gasteiger partial charge in [0.15, 0.2) is 11.5 Å². The van der Waals surface area contributed by atoms with E-state index in [4.69, 9.17) is 21.1 Å². The van der Waals surface area contributed by atoms with Gasteiger partial charge in [-0.25, -0.2) is 0 Å². The summed E-state index contributed by atoms with van der Waals surface area (Å²) in [6.07, 6.45) is 3.13. The van der Waals surface area contributed by atoms with Gasteiger partial charge in [-0.2, -0.15) is 0 Å². The first-order valence-electron chi connectivity index (χ1n) is 8.49. The van der Waals surface area contributed by atoms with Crippen LogP contribution in [0.1, 0.15) is 29.7 Å². The minimum atomic E-state index is -0.844. The zero-order valence-corrected chi connectivity index (χ0v) is 14.9. The van der Waals surface area contributed by atoms with Gasteiger partial charge in [-0.1, -0.05) is 17.7 Å². The van der Waals surface area contributed by atoms with E-state index in [1.807, 2.05) is 37.4 Å². The van der Waals surface area contributed by atoms with Crippen molar-refractivity contribution >= 4 is 11.6 Å². The Hall–Kier alpha value is -1.82. The van der Waals surface area contributed by atoms with E-state index in [0.717, 1.165) is 42.2 Å². The Morgan fingerprint density at radius 1 is 1.20 bits per heavy atom. The Balaban J connectivity index is 1.43. The van der Waals surface area contributed by atoms with Gasteiger partial charge in [-0.3, -0.25) is 9.88 Å². The summed E-state index contributed by atoms with van der Waals surface area (Å²) in [4.78, 5) is 6.71. The molecule has 1 fully saturated rings. The lowest BCUT2D eigenvalue weighted by molar-refractivity contribution is -0.0311. The normalized spacial score (nSPS) is 19.2. The molecule has 0 aliphatic carbocycles. The van der Waals surface area contributed by atoms with E-state index in [1.165, 1.54) is 0 Å². The van der Waals surface area contributed by atoms with Crippen molar-refractivity contribution in [1.82, 2.24) is 9.88 Å². The van der Waals surface area contributed by atoms with Crippen LogP contribution in [-0.2, 0) is 12.1 Å². The van der Waals surface area contributed by atoms with Gasteiger partial charge in [0, 0.05) is 36.9 Å². The van der Waals surface area contributed by atoms with Crippen LogP contribution in [-0.4, -0.2) is 34.9 Å². The average molecular weight is 361 g/mol. The molecule has 5 nitrogen and oxygen atoms in total. The highest BCUT2D eigenvalue weighted by molar-refractivity contribution is 6.31. The number of hydrogen-bond donors (Lipinski definition) is 1. The lowest BCUT2D eigenvalue weighted by Crippen LogP contribution is -2.42. The van der Waals surface area contributed by atoms with E-state index >= 15 is 0 Å². The average Bonchev–Trinajstić information content (AvgIpc) is 3.05. The van der Waals surface area contributed by atoms with Crippen LogP contribution >= 0.6 is 11.6 Å². The number of piperidine rings is 1. The molecule has 6 heteroatoms. The van der Waals surface area contributed by atoms with Crippen molar-refractivity contribution in [1.29, 1.82) is 0 Å². The van der Waals surface area contributed by atoms with Crippen LogP contribution in [0, 0.1) is 6.92 Å². The van der Waals surface area contributed by atoms with Crippen molar-refractivity contribution in [2.75, 3.05) is 19.9 Å². The van der Waals surface area contributed by atoms with Gasteiger partial charge in [-0.05, 0) is 43.0 Å². The molecule has 1 saturated heterocycles. The molecule has 132 valence electrons. The molecule has 1 aromatic heterocycles. The number of fused-ring (bicyclic) bond motifs is 1. The van der Waals surface area contributed by atoms with Gasteiger partial charge in [0.25, 0.3) is 0 Å². The van der Waals surface area contributed by atoms with Gasteiger partial charge < -0.3 is 14.6 Å². The fourth-order valence-corrected chi connectivity index (χ4v) is 3.62. The zero-order valence-electron chi connectivity index (χ0n) is 14.2. The molecule has 25 heavy (non-hydrogen) atoms. The predicted octanol–water partition coefficient (Wildman–Crippen LogP) is 3.26. The van der Waals surface area contributed by atoms with Crippen molar-refractivity contribution in [2.45, 2.75) is 31.9 Å². The molecule has 2 aliphatic rings. The third-order valence-electron chi connectivity index (χ3n) is 5.01. The molecule has 2 aliphatic heterocycles. The highest BCUT2D eigenvalue weighted by atomic mass is 35.5. The predicted molar refractivity (Wildman–Crippen MR) is 95.0 cm³/mol. The molecule has 0 radical (unpaired) electrons. The summed E-state index contributed by atoms with van der Waals surface area (Å²) < 4.78 is 10.8. The lowest BCUT2D eigenvalue weighted by atomic mass is 9.87. The minimum Gasteiger partial charge on any atom is -0.454 e. The molecule has 0 atom stereocenters. The van der Waals surface area contributed by atoms with E-state index in [0.29, 0.717) is 23.6 Å². The number of ether oxygens (including phenoxy) is 2. The SMILES string of the molecule is Cc1ccc(C2(O)CCN(Cc3cc4c(cc3Cl)OCO4)CC2)nc1.